The maximum Gasteiger partial charge on any atom is 0.256 e. The molecule has 52 heavy (non-hydrogen) atoms. The molecule has 0 atom stereocenters. The van der Waals surface area contributed by atoms with Crippen molar-refractivity contribution in [3.8, 4) is 17.2 Å². The van der Waals surface area contributed by atoms with Crippen LogP contribution in [0.1, 0.15) is 79.0 Å². The molecule has 9 rings (SSSR count). The third kappa shape index (κ3) is 5.02. The van der Waals surface area contributed by atoms with Crippen LogP contribution in [-0.4, -0.2) is 11.3 Å². The minimum Gasteiger partial charge on any atom is -0.458 e. The van der Waals surface area contributed by atoms with Crippen molar-refractivity contribution in [2.75, 3.05) is 4.90 Å². The van der Waals surface area contributed by atoms with Crippen molar-refractivity contribution >= 4 is 62.0 Å². The van der Waals surface area contributed by atoms with E-state index >= 15 is 0 Å². The maximum atomic E-state index is 7.08. The van der Waals surface area contributed by atoms with Crippen LogP contribution in [0.5, 0.6) is 11.5 Å². The smallest absolute Gasteiger partial charge is 0.256 e. The predicted molar refractivity (Wildman–Crippen MR) is 223 cm³/mol. The number of hydrogen-bond acceptors (Lipinski definition) is 2. The van der Waals surface area contributed by atoms with Crippen LogP contribution < -0.4 is 26.0 Å². The summed E-state index contributed by atoms with van der Waals surface area (Å²) in [5.74, 6) is 1.85. The van der Waals surface area contributed by atoms with E-state index in [0.29, 0.717) is 0 Å². The summed E-state index contributed by atoms with van der Waals surface area (Å²) in [5, 5.41) is 2.50. The van der Waals surface area contributed by atoms with Crippen LogP contribution >= 0.6 is 0 Å². The first kappa shape index (κ1) is 32.7. The van der Waals surface area contributed by atoms with E-state index in [4.69, 9.17) is 4.74 Å². The Morgan fingerprint density at radius 3 is 1.60 bits per heavy atom. The second kappa shape index (κ2) is 11.1. The fourth-order valence-electron chi connectivity index (χ4n) is 8.39. The van der Waals surface area contributed by atoms with Crippen LogP contribution in [0, 0.1) is 0 Å². The van der Waals surface area contributed by atoms with E-state index in [1.807, 2.05) is 0 Å². The number of ether oxygens (including phenoxy) is 1. The van der Waals surface area contributed by atoms with Crippen molar-refractivity contribution < 1.29 is 4.74 Å². The van der Waals surface area contributed by atoms with E-state index in [-0.39, 0.29) is 23.0 Å². The van der Waals surface area contributed by atoms with Crippen molar-refractivity contribution in [2.45, 2.75) is 78.6 Å². The van der Waals surface area contributed by atoms with Gasteiger partial charge in [0.2, 0.25) is 0 Å². The Kier molecular flexibility index (Phi) is 7.00. The first-order valence-corrected chi connectivity index (χ1v) is 18.7. The van der Waals surface area contributed by atoms with Crippen LogP contribution in [0.3, 0.4) is 0 Å². The quantitative estimate of drug-likeness (QED) is 0.169. The van der Waals surface area contributed by atoms with Gasteiger partial charge in [-0.3, -0.25) is 0 Å². The van der Waals surface area contributed by atoms with Crippen molar-refractivity contribution in [1.82, 2.24) is 4.57 Å². The lowest BCUT2D eigenvalue weighted by Gasteiger charge is -2.41. The van der Waals surface area contributed by atoms with Crippen molar-refractivity contribution in [3.63, 3.8) is 0 Å². The highest BCUT2D eigenvalue weighted by molar-refractivity contribution is 6.99. The third-order valence-electron chi connectivity index (χ3n) is 11.3. The van der Waals surface area contributed by atoms with Gasteiger partial charge < -0.3 is 14.2 Å². The molecule has 1 aromatic heterocycles. The molecule has 2 aliphatic heterocycles. The zero-order chi connectivity index (χ0) is 36.3. The van der Waals surface area contributed by atoms with Gasteiger partial charge in [-0.1, -0.05) is 135 Å². The molecule has 0 spiro atoms. The fraction of sp³-hybridized carbons (Fsp3) is 0.250. The standard InChI is InChI=1S/C48H47BN2O/c1-46(2,3)30-18-22-33(23-19-30)50-41-24-20-31(47(4,5)6)26-37(41)49-38-27-32(48(7,8)9)21-25-43(38)52-44-29-34(28-42(50)45(44)49)51-39-16-12-10-14-35(39)36-15-11-13-17-40(36)51/h10-29H,1-9H3. The second-order valence-corrected chi connectivity index (χ2v) is 17.9. The van der Waals surface area contributed by atoms with E-state index < -0.39 is 0 Å². The average molecular weight is 679 g/mol. The molecule has 3 heterocycles. The molecule has 0 unspecified atom stereocenters. The van der Waals surface area contributed by atoms with Gasteiger partial charge >= 0.3 is 0 Å². The van der Waals surface area contributed by atoms with E-state index in [1.165, 1.54) is 60.6 Å². The molecule has 0 aliphatic carbocycles. The van der Waals surface area contributed by atoms with E-state index in [2.05, 4.69) is 193 Å². The molecule has 258 valence electrons. The molecule has 0 fully saturated rings. The van der Waals surface area contributed by atoms with E-state index in [0.717, 1.165) is 28.6 Å². The van der Waals surface area contributed by atoms with Gasteiger partial charge in [0.25, 0.3) is 6.71 Å². The Bertz CT molecular complexity index is 2500. The van der Waals surface area contributed by atoms with E-state index in [1.54, 1.807) is 0 Å². The van der Waals surface area contributed by atoms with Gasteiger partial charge in [0.05, 0.1) is 16.7 Å². The van der Waals surface area contributed by atoms with Crippen LogP contribution in [0.4, 0.5) is 17.1 Å². The highest BCUT2D eigenvalue weighted by Crippen LogP contribution is 2.44. The van der Waals surface area contributed by atoms with E-state index in [9.17, 15) is 0 Å². The summed E-state index contributed by atoms with van der Waals surface area (Å²) in [6.07, 6.45) is 0. The van der Waals surface area contributed by atoms with Gasteiger partial charge in [0.15, 0.2) is 0 Å². The van der Waals surface area contributed by atoms with Crippen molar-refractivity contribution in [1.29, 1.82) is 0 Å². The largest absolute Gasteiger partial charge is 0.458 e. The topological polar surface area (TPSA) is 17.4 Å². The first-order valence-electron chi connectivity index (χ1n) is 18.7. The monoisotopic (exact) mass is 678 g/mol. The number of nitrogens with zero attached hydrogens (tertiary/aromatic N) is 2. The Labute approximate surface area is 309 Å². The van der Waals surface area contributed by atoms with Gasteiger partial charge in [0, 0.05) is 33.9 Å². The predicted octanol–water partition coefficient (Wildman–Crippen LogP) is 11.1. The lowest BCUT2D eigenvalue weighted by atomic mass is 9.33. The van der Waals surface area contributed by atoms with Crippen LogP contribution in [-0.2, 0) is 16.2 Å². The molecule has 4 heteroatoms. The molecule has 7 aromatic rings. The molecule has 0 bridgehead atoms. The molecule has 0 N–H and O–H groups in total. The lowest BCUT2D eigenvalue weighted by Crippen LogP contribution is -2.60. The second-order valence-electron chi connectivity index (χ2n) is 17.9. The lowest BCUT2D eigenvalue weighted by molar-refractivity contribution is 0.486. The summed E-state index contributed by atoms with van der Waals surface area (Å²) in [6.45, 7) is 20.7. The molecule has 0 radical (unpaired) electrons. The Morgan fingerprint density at radius 2 is 1.00 bits per heavy atom. The highest BCUT2D eigenvalue weighted by atomic mass is 16.5. The van der Waals surface area contributed by atoms with Gasteiger partial charge in [-0.15, -0.1) is 0 Å². The molecular weight excluding hydrogens is 631 g/mol. The Morgan fingerprint density at radius 1 is 0.462 bits per heavy atom. The highest BCUT2D eigenvalue weighted by Gasteiger charge is 2.43. The van der Waals surface area contributed by atoms with Crippen LogP contribution in [0.2, 0.25) is 0 Å². The number of anilines is 3. The summed E-state index contributed by atoms with van der Waals surface area (Å²) in [6, 6.07) is 45.4. The zero-order valence-corrected chi connectivity index (χ0v) is 31.9. The minimum absolute atomic E-state index is 0.00102. The minimum atomic E-state index is -0.00102. The van der Waals surface area contributed by atoms with Crippen LogP contribution in [0.25, 0.3) is 27.5 Å². The Hall–Kier alpha value is -5.22. The van der Waals surface area contributed by atoms with Gasteiger partial charge in [-0.2, -0.15) is 0 Å². The molecule has 0 saturated heterocycles. The Balaban J connectivity index is 1.38. The van der Waals surface area contributed by atoms with Gasteiger partial charge in [-0.25, -0.2) is 0 Å². The average Bonchev–Trinajstić information content (AvgIpc) is 3.44. The third-order valence-corrected chi connectivity index (χ3v) is 11.3. The van der Waals surface area contributed by atoms with Crippen LogP contribution in [0.15, 0.2) is 121 Å². The SMILES string of the molecule is CC(C)(C)c1ccc(N2c3ccc(C(C)(C)C)cc3B3c4cc(C(C)(C)C)ccc4Oc4cc(-n5c6ccccc6c6ccccc65)cc2c43)cc1. The van der Waals surface area contributed by atoms with Crippen molar-refractivity contribution in [3.05, 3.63) is 138 Å². The number of benzene rings is 6. The summed E-state index contributed by atoms with van der Waals surface area (Å²) >= 11 is 0. The summed E-state index contributed by atoms with van der Waals surface area (Å²) < 4.78 is 9.49. The molecular formula is C48H47BN2O. The molecule has 0 saturated carbocycles. The summed E-state index contributed by atoms with van der Waals surface area (Å²) in [4.78, 5) is 2.49. The first-order chi connectivity index (χ1) is 24.7. The number of para-hydroxylation sites is 2. The normalized spacial score (nSPS) is 13.9. The molecule has 0 amide bonds. The molecule has 6 aromatic carbocycles. The van der Waals surface area contributed by atoms with Gasteiger partial charge in [0.1, 0.15) is 11.5 Å². The number of rotatable bonds is 2. The summed E-state index contributed by atoms with van der Waals surface area (Å²) in [5.41, 5.74) is 14.8. The maximum absolute atomic E-state index is 7.08. The fourth-order valence-corrected chi connectivity index (χ4v) is 8.39. The van der Waals surface area contributed by atoms with Crippen molar-refractivity contribution in [2.24, 2.45) is 0 Å². The molecule has 3 nitrogen and oxygen atoms in total. The van der Waals surface area contributed by atoms with Gasteiger partial charge in [-0.05, 0) is 91.8 Å². The number of hydrogen-bond donors (Lipinski definition) is 0. The summed E-state index contributed by atoms with van der Waals surface area (Å²) in [7, 11) is 0. The number of aromatic nitrogens is 1. The zero-order valence-electron chi connectivity index (χ0n) is 31.9. The number of fused-ring (bicyclic) bond motifs is 7. The molecule has 2 aliphatic rings.